The summed E-state index contributed by atoms with van der Waals surface area (Å²) in [6.45, 7) is 1.25. The van der Waals surface area contributed by atoms with E-state index in [9.17, 15) is 9.59 Å². The lowest BCUT2D eigenvalue weighted by Gasteiger charge is -2.32. The Morgan fingerprint density at radius 1 is 1.00 bits per heavy atom. The molecular weight excluding hydrogens is 382 g/mol. The van der Waals surface area contributed by atoms with Crippen LogP contribution in [-0.4, -0.2) is 50.2 Å². The molecule has 7 heteroatoms. The van der Waals surface area contributed by atoms with Gasteiger partial charge in [0.25, 0.3) is 0 Å². The van der Waals surface area contributed by atoms with Crippen LogP contribution in [0.2, 0.25) is 0 Å². The number of benzene rings is 2. The van der Waals surface area contributed by atoms with Crippen LogP contribution in [0.25, 0.3) is 0 Å². The van der Waals surface area contributed by atoms with Crippen molar-refractivity contribution in [1.29, 1.82) is 0 Å². The van der Waals surface area contributed by atoms with Crippen molar-refractivity contribution in [2.45, 2.75) is 31.7 Å². The minimum absolute atomic E-state index is 0.0250. The molecule has 30 heavy (non-hydrogen) atoms. The summed E-state index contributed by atoms with van der Waals surface area (Å²) in [6.07, 6.45) is 2.54. The third-order valence-electron chi connectivity index (χ3n) is 5.26. The molecule has 7 nitrogen and oxygen atoms in total. The minimum atomic E-state index is -0.0978. The van der Waals surface area contributed by atoms with Crippen LogP contribution < -0.4 is 20.1 Å². The van der Waals surface area contributed by atoms with Crippen LogP contribution in [0.4, 0.5) is 10.5 Å². The van der Waals surface area contributed by atoms with Crippen LogP contribution in [0, 0.1) is 0 Å². The van der Waals surface area contributed by atoms with E-state index in [-0.39, 0.29) is 18.0 Å². The van der Waals surface area contributed by atoms with E-state index in [0.29, 0.717) is 37.4 Å². The fourth-order valence-corrected chi connectivity index (χ4v) is 3.54. The molecule has 1 fully saturated rings. The molecule has 0 saturated carbocycles. The molecule has 1 heterocycles. The van der Waals surface area contributed by atoms with Crippen molar-refractivity contribution in [3.63, 3.8) is 0 Å². The Morgan fingerprint density at radius 3 is 2.37 bits per heavy atom. The average Bonchev–Trinajstić information content (AvgIpc) is 2.78. The Morgan fingerprint density at radius 2 is 1.70 bits per heavy atom. The van der Waals surface area contributed by atoms with Crippen molar-refractivity contribution in [2.75, 3.05) is 32.6 Å². The standard InChI is InChI=1S/C23H29N3O4/c1-29-20-10-8-17(16-21(20)30-2)9-11-22(27)24-19-12-14-26(15-13-19)23(28)25-18-6-4-3-5-7-18/h3-8,10,16,19H,9,11-15H2,1-2H3,(H,24,27)(H,25,28). The largest absolute Gasteiger partial charge is 0.493 e. The van der Waals surface area contributed by atoms with E-state index >= 15 is 0 Å². The van der Waals surface area contributed by atoms with Crippen molar-refractivity contribution in [1.82, 2.24) is 10.2 Å². The number of nitrogens with zero attached hydrogens (tertiary/aromatic N) is 1. The summed E-state index contributed by atoms with van der Waals surface area (Å²) in [4.78, 5) is 26.5. The highest BCUT2D eigenvalue weighted by Crippen LogP contribution is 2.28. The predicted molar refractivity (Wildman–Crippen MR) is 116 cm³/mol. The van der Waals surface area contributed by atoms with Gasteiger partial charge in [0, 0.05) is 31.2 Å². The maximum absolute atomic E-state index is 12.4. The molecule has 3 rings (SSSR count). The number of para-hydroxylation sites is 1. The van der Waals surface area contributed by atoms with E-state index in [4.69, 9.17) is 9.47 Å². The summed E-state index contributed by atoms with van der Waals surface area (Å²) >= 11 is 0. The zero-order chi connectivity index (χ0) is 21.3. The number of aryl methyl sites for hydroxylation is 1. The molecule has 2 aromatic rings. The fourth-order valence-electron chi connectivity index (χ4n) is 3.54. The summed E-state index contributed by atoms with van der Waals surface area (Å²) < 4.78 is 10.5. The Labute approximate surface area is 177 Å². The molecule has 0 aliphatic carbocycles. The van der Waals surface area contributed by atoms with E-state index < -0.39 is 0 Å². The second-order valence-electron chi connectivity index (χ2n) is 7.31. The molecule has 0 spiro atoms. The second-order valence-corrected chi connectivity index (χ2v) is 7.31. The summed E-state index contributed by atoms with van der Waals surface area (Å²) in [5.74, 6) is 1.36. The summed E-state index contributed by atoms with van der Waals surface area (Å²) in [5, 5.41) is 6.00. The van der Waals surface area contributed by atoms with Crippen LogP contribution in [-0.2, 0) is 11.2 Å². The van der Waals surface area contributed by atoms with E-state index in [1.165, 1.54) is 0 Å². The van der Waals surface area contributed by atoms with Gasteiger partial charge in [-0.15, -0.1) is 0 Å². The zero-order valence-corrected chi connectivity index (χ0v) is 17.5. The van der Waals surface area contributed by atoms with Gasteiger partial charge in [-0.2, -0.15) is 0 Å². The highest BCUT2D eigenvalue weighted by Gasteiger charge is 2.23. The lowest BCUT2D eigenvalue weighted by atomic mass is 10.0. The fraction of sp³-hybridized carbons (Fsp3) is 0.391. The highest BCUT2D eigenvalue weighted by molar-refractivity contribution is 5.89. The molecule has 1 aliphatic rings. The number of hydrogen-bond donors (Lipinski definition) is 2. The first-order valence-electron chi connectivity index (χ1n) is 10.2. The summed E-state index contributed by atoms with van der Waals surface area (Å²) in [6, 6.07) is 15.1. The predicted octanol–water partition coefficient (Wildman–Crippen LogP) is 3.45. The number of anilines is 1. The zero-order valence-electron chi connectivity index (χ0n) is 17.5. The number of piperidine rings is 1. The highest BCUT2D eigenvalue weighted by atomic mass is 16.5. The average molecular weight is 412 g/mol. The first-order chi connectivity index (χ1) is 14.6. The molecule has 0 aromatic heterocycles. The molecule has 1 aliphatic heterocycles. The van der Waals surface area contributed by atoms with Gasteiger partial charge < -0.3 is 25.0 Å². The maximum atomic E-state index is 12.4. The molecule has 0 bridgehead atoms. The molecule has 0 atom stereocenters. The van der Waals surface area contributed by atoms with Crippen LogP contribution in [0.1, 0.15) is 24.8 Å². The van der Waals surface area contributed by atoms with Gasteiger partial charge in [0.1, 0.15) is 0 Å². The van der Waals surface area contributed by atoms with E-state index in [0.717, 1.165) is 24.1 Å². The number of ether oxygens (including phenoxy) is 2. The number of methoxy groups -OCH3 is 2. The van der Waals surface area contributed by atoms with Gasteiger partial charge in [-0.25, -0.2) is 4.79 Å². The maximum Gasteiger partial charge on any atom is 0.321 e. The van der Waals surface area contributed by atoms with E-state index in [1.54, 1.807) is 19.1 Å². The lowest BCUT2D eigenvalue weighted by Crippen LogP contribution is -2.47. The van der Waals surface area contributed by atoms with Crippen molar-refractivity contribution in [3.8, 4) is 11.5 Å². The molecule has 2 N–H and O–H groups in total. The minimum Gasteiger partial charge on any atom is -0.493 e. The number of likely N-dealkylation sites (tertiary alicyclic amines) is 1. The quantitative estimate of drug-likeness (QED) is 0.731. The second kappa shape index (κ2) is 10.5. The number of carbonyl (C=O) groups is 2. The van der Waals surface area contributed by atoms with Gasteiger partial charge in [-0.3, -0.25) is 4.79 Å². The van der Waals surface area contributed by atoms with Crippen molar-refractivity contribution in [3.05, 3.63) is 54.1 Å². The van der Waals surface area contributed by atoms with Gasteiger partial charge in [-0.05, 0) is 49.1 Å². The van der Waals surface area contributed by atoms with Gasteiger partial charge in [0.2, 0.25) is 5.91 Å². The smallest absolute Gasteiger partial charge is 0.321 e. The lowest BCUT2D eigenvalue weighted by molar-refractivity contribution is -0.122. The monoisotopic (exact) mass is 411 g/mol. The molecular formula is C23H29N3O4. The number of amides is 3. The molecule has 2 aromatic carbocycles. The third-order valence-corrected chi connectivity index (χ3v) is 5.26. The van der Waals surface area contributed by atoms with Gasteiger partial charge in [0.15, 0.2) is 11.5 Å². The van der Waals surface area contributed by atoms with Crippen molar-refractivity contribution >= 4 is 17.6 Å². The Balaban J connectivity index is 1.40. The molecule has 0 unspecified atom stereocenters. The Hall–Kier alpha value is -3.22. The number of urea groups is 1. The number of carbonyl (C=O) groups excluding carboxylic acids is 2. The van der Waals surface area contributed by atoms with Crippen molar-refractivity contribution < 1.29 is 19.1 Å². The Kier molecular flexibility index (Phi) is 7.54. The molecule has 1 saturated heterocycles. The molecule has 0 radical (unpaired) electrons. The first kappa shape index (κ1) is 21.5. The van der Waals surface area contributed by atoms with Gasteiger partial charge >= 0.3 is 6.03 Å². The van der Waals surface area contributed by atoms with Crippen LogP contribution in [0.15, 0.2) is 48.5 Å². The Bertz CT molecular complexity index is 849. The normalized spacial score (nSPS) is 14.1. The van der Waals surface area contributed by atoms with Gasteiger partial charge in [0.05, 0.1) is 14.2 Å². The molecule has 160 valence electrons. The van der Waals surface area contributed by atoms with Crippen LogP contribution in [0.5, 0.6) is 11.5 Å². The van der Waals surface area contributed by atoms with E-state index in [2.05, 4.69) is 10.6 Å². The van der Waals surface area contributed by atoms with Crippen molar-refractivity contribution in [2.24, 2.45) is 0 Å². The third kappa shape index (κ3) is 5.89. The SMILES string of the molecule is COc1ccc(CCC(=O)NC2CCN(C(=O)Nc3ccccc3)CC2)cc1OC. The number of rotatable bonds is 7. The topological polar surface area (TPSA) is 79.9 Å². The van der Waals surface area contributed by atoms with Gasteiger partial charge in [-0.1, -0.05) is 24.3 Å². The number of hydrogen-bond acceptors (Lipinski definition) is 4. The van der Waals surface area contributed by atoms with Crippen LogP contribution >= 0.6 is 0 Å². The summed E-state index contributed by atoms with van der Waals surface area (Å²) in [7, 11) is 3.20. The summed E-state index contributed by atoms with van der Waals surface area (Å²) in [5.41, 5.74) is 1.81. The molecule has 3 amide bonds. The first-order valence-corrected chi connectivity index (χ1v) is 10.2. The van der Waals surface area contributed by atoms with Crippen LogP contribution in [0.3, 0.4) is 0 Å². The van der Waals surface area contributed by atoms with E-state index in [1.807, 2.05) is 48.5 Å². The number of nitrogens with one attached hydrogen (secondary N) is 2.